The summed E-state index contributed by atoms with van der Waals surface area (Å²) in [7, 11) is 0. The van der Waals surface area contributed by atoms with E-state index in [1.54, 1.807) is 11.0 Å². The maximum Gasteiger partial charge on any atom is 0.304 e. The Bertz CT molecular complexity index is 681. The Hall–Kier alpha value is -2.62. The van der Waals surface area contributed by atoms with Gasteiger partial charge in [0.1, 0.15) is 0 Å². The van der Waals surface area contributed by atoms with Crippen LogP contribution in [0, 0.1) is 0 Å². The molecular formula is C17H15NO3. The normalized spacial score (nSPS) is 16.7. The number of rotatable bonds is 3. The zero-order valence-corrected chi connectivity index (χ0v) is 11.7. The van der Waals surface area contributed by atoms with Gasteiger partial charge in [-0.15, -0.1) is 0 Å². The van der Waals surface area contributed by atoms with Crippen molar-refractivity contribution in [3.8, 4) is 0 Å². The van der Waals surface area contributed by atoms with Crippen LogP contribution < -0.4 is 0 Å². The molecule has 0 bridgehead atoms. The number of fused-ring (bicyclic) bond motifs is 1. The van der Waals surface area contributed by atoms with Gasteiger partial charge in [-0.2, -0.15) is 0 Å². The lowest BCUT2D eigenvalue weighted by atomic mass is 10.1. The highest BCUT2D eigenvalue weighted by atomic mass is 16.6. The number of benzene rings is 2. The number of ether oxygens (including phenoxy) is 1. The number of hydrogen-bond acceptors (Lipinski definition) is 3. The summed E-state index contributed by atoms with van der Waals surface area (Å²) in [5, 5.41) is 0. The molecule has 1 amide bonds. The molecule has 0 N–H and O–H groups in total. The van der Waals surface area contributed by atoms with Crippen LogP contribution in [-0.2, 0) is 16.1 Å². The van der Waals surface area contributed by atoms with E-state index in [0.717, 1.165) is 11.1 Å². The zero-order chi connectivity index (χ0) is 14.8. The molecule has 0 saturated carbocycles. The van der Waals surface area contributed by atoms with Gasteiger partial charge in [-0.3, -0.25) is 14.5 Å². The van der Waals surface area contributed by atoms with Crippen LogP contribution in [0.1, 0.15) is 34.6 Å². The van der Waals surface area contributed by atoms with Gasteiger partial charge in [0.2, 0.25) is 6.23 Å². The van der Waals surface area contributed by atoms with Gasteiger partial charge < -0.3 is 4.74 Å². The van der Waals surface area contributed by atoms with E-state index in [0.29, 0.717) is 12.1 Å². The number of carbonyl (C=O) groups is 2. The Labute approximate surface area is 123 Å². The van der Waals surface area contributed by atoms with E-state index in [1.807, 2.05) is 48.5 Å². The lowest BCUT2D eigenvalue weighted by Gasteiger charge is -2.24. The maximum atomic E-state index is 12.5. The SMILES string of the molecule is CC(=O)O[C@@H]1c2ccccc2C(=O)N1Cc1ccccc1. The van der Waals surface area contributed by atoms with Gasteiger partial charge in [0.25, 0.3) is 5.91 Å². The molecular weight excluding hydrogens is 266 g/mol. The number of amides is 1. The van der Waals surface area contributed by atoms with E-state index < -0.39 is 12.2 Å². The summed E-state index contributed by atoms with van der Waals surface area (Å²) in [6.45, 7) is 1.76. The molecule has 0 radical (unpaired) electrons. The summed E-state index contributed by atoms with van der Waals surface area (Å²) in [5.41, 5.74) is 2.34. The molecule has 0 saturated heterocycles. The number of hydrogen-bond donors (Lipinski definition) is 0. The van der Waals surface area contributed by atoms with E-state index in [-0.39, 0.29) is 5.91 Å². The Morgan fingerprint density at radius 3 is 2.48 bits per heavy atom. The van der Waals surface area contributed by atoms with Gasteiger partial charge in [-0.25, -0.2) is 0 Å². The van der Waals surface area contributed by atoms with Crippen LogP contribution in [0.15, 0.2) is 54.6 Å². The Balaban J connectivity index is 1.95. The van der Waals surface area contributed by atoms with Crippen molar-refractivity contribution >= 4 is 11.9 Å². The van der Waals surface area contributed by atoms with E-state index in [4.69, 9.17) is 4.74 Å². The summed E-state index contributed by atoms with van der Waals surface area (Å²) in [5.74, 6) is -0.511. The molecule has 106 valence electrons. The number of nitrogens with zero attached hydrogens (tertiary/aromatic N) is 1. The third-order valence-electron chi connectivity index (χ3n) is 3.47. The van der Waals surface area contributed by atoms with E-state index in [2.05, 4.69) is 0 Å². The topological polar surface area (TPSA) is 46.6 Å². The average Bonchev–Trinajstić information content (AvgIpc) is 2.74. The molecule has 1 aliphatic heterocycles. The van der Waals surface area contributed by atoms with Gasteiger partial charge in [0, 0.05) is 24.6 Å². The van der Waals surface area contributed by atoms with Gasteiger partial charge in [0.05, 0.1) is 0 Å². The van der Waals surface area contributed by atoms with Gasteiger partial charge in [-0.1, -0.05) is 48.5 Å². The van der Waals surface area contributed by atoms with Crippen molar-refractivity contribution < 1.29 is 14.3 Å². The monoisotopic (exact) mass is 281 g/mol. The molecule has 0 spiro atoms. The fourth-order valence-electron chi connectivity index (χ4n) is 2.56. The highest BCUT2D eigenvalue weighted by Crippen LogP contribution is 2.35. The molecule has 0 unspecified atom stereocenters. The van der Waals surface area contributed by atoms with Crippen molar-refractivity contribution in [1.29, 1.82) is 0 Å². The second kappa shape index (κ2) is 5.40. The molecule has 0 aliphatic carbocycles. The number of esters is 1. The van der Waals surface area contributed by atoms with Gasteiger partial charge in [0.15, 0.2) is 0 Å². The standard InChI is InChI=1S/C17H15NO3/c1-12(19)21-17-15-10-6-5-9-14(15)16(20)18(17)11-13-7-3-2-4-8-13/h2-10,17H,11H2,1H3/t17-/m1/s1. The minimum absolute atomic E-state index is 0.110. The van der Waals surface area contributed by atoms with Gasteiger partial charge in [-0.05, 0) is 11.6 Å². The highest BCUT2D eigenvalue weighted by Gasteiger charge is 2.38. The lowest BCUT2D eigenvalue weighted by molar-refractivity contribution is -0.154. The molecule has 3 rings (SSSR count). The fraction of sp³-hybridized carbons (Fsp3) is 0.176. The molecule has 21 heavy (non-hydrogen) atoms. The quantitative estimate of drug-likeness (QED) is 0.813. The fourth-order valence-corrected chi connectivity index (χ4v) is 2.56. The first-order valence-electron chi connectivity index (χ1n) is 6.78. The summed E-state index contributed by atoms with van der Waals surface area (Å²) < 4.78 is 5.36. The Morgan fingerprint density at radius 2 is 1.76 bits per heavy atom. The predicted octanol–water partition coefficient (Wildman–Crippen LogP) is 2.90. The van der Waals surface area contributed by atoms with Crippen LogP contribution in [0.25, 0.3) is 0 Å². The lowest BCUT2D eigenvalue weighted by Crippen LogP contribution is -2.30. The molecule has 1 heterocycles. The minimum atomic E-state index is -0.647. The van der Waals surface area contributed by atoms with Crippen molar-refractivity contribution in [2.45, 2.75) is 19.7 Å². The van der Waals surface area contributed by atoms with Crippen molar-refractivity contribution in [3.63, 3.8) is 0 Å². The molecule has 2 aromatic rings. The molecule has 0 fully saturated rings. The van der Waals surface area contributed by atoms with Crippen molar-refractivity contribution in [1.82, 2.24) is 4.90 Å². The van der Waals surface area contributed by atoms with Gasteiger partial charge >= 0.3 is 5.97 Å². The first-order valence-corrected chi connectivity index (χ1v) is 6.78. The second-order valence-electron chi connectivity index (χ2n) is 4.97. The van der Waals surface area contributed by atoms with Crippen LogP contribution in [-0.4, -0.2) is 16.8 Å². The van der Waals surface area contributed by atoms with Crippen LogP contribution >= 0.6 is 0 Å². The molecule has 1 aliphatic rings. The summed E-state index contributed by atoms with van der Waals surface area (Å²) >= 11 is 0. The van der Waals surface area contributed by atoms with Crippen molar-refractivity contribution in [3.05, 3.63) is 71.3 Å². The molecule has 1 atom stereocenters. The van der Waals surface area contributed by atoms with Crippen LogP contribution in [0.3, 0.4) is 0 Å². The third-order valence-corrected chi connectivity index (χ3v) is 3.47. The second-order valence-corrected chi connectivity index (χ2v) is 4.97. The third kappa shape index (κ3) is 2.52. The first-order chi connectivity index (χ1) is 10.2. The summed E-state index contributed by atoms with van der Waals surface area (Å²) in [6.07, 6.45) is -0.647. The summed E-state index contributed by atoms with van der Waals surface area (Å²) in [4.78, 5) is 25.5. The molecule has 4 nitrogen and oxygen atoms in total. The van der Waals surface area contributed by atoms with Crippen molar-refractivity contribution in [2.24, 2.45) is 0 Å². The molecule has 2 aromatic carbocycles. The van der Waals surface area contributed by atoms with E-state index in [1.165, 1.54) is 6.92 Å². The Morgan fingerprint density at radius 1 is 1.10 bits per heavy atom. The first kappa shape index (κ1) is 13.4. The largest absolute Gasteiger partial charge is 0.437 e. The zero-order valence-electron chi connectivity index (χ0n) is 11.7. The van der Waals surface area contributed by atoms with Crippen LogP contribution in [0.4, 0.5) is 0 Å². The molecule has 0 aromatic heterocycles. The van der Waals surface area contributed by atoms with E-state index in [9.17, 15) is 9.59 Å². The minimum Gasteiger partial charge on any atom is -0.437 e. The van der Waals surface area contributed by atoms with E-state index >= 15 is 0 Å². The van der Waals surface area contributed by atoms with Crippen molar-refractivity contribution in [2.75, 3.05) is 0 Å². The highest BCUT2D eigenvalue weighted by molar-refractivity contribution is 5.99. The number of carbonyl (C=O) groups excluding carboxylic acids is 2. The Kier molecular flexibility index (Phi) is 3.44. The predicted molar refractivity (Wildman–Crippen MR) is 77.3 cm³/mol. The smallest absolute Gasteiger partial charge is 0.304 e. The average molecular weight is 281 g/mol. The van der Waals surface area contributed by atoms with Crippen LogP contribution in [0.5, 0.6) is 0 Å². The maximum absolute atomic E-state index is 12.5. The van der Waals surface area contributed by atoms with Crippen LogP contribution in [0.2, 0.25) is 0 Å². The molecule has 4 heteroatoms. The summed E-state index contributed by atoms with van der Waals surface area (Å²) in [6, 6.07) is 16.9.